The van der Waals surface area contributed by atoms with Gasteiger partial charge in [-0.25, -0.2) is 4.79 Å². The van der Waals surface area contributed by atoms with Crippen LogP contribution in [0.1, 0.15) is 195 Å². The maximum Gasteiger partial charge on any atom is 0.340 e. The molecule has 0 spiro atoms. The number of carbonyl (C=O) groups is 1. The van der Waals surface area contributed by atoms with Crippen LogP contribution in [-0.2, 0) is 4.74 Å². The Balaban J connectivity index is -0.00000110. The number of nitrogen functional groups attached to an aromatic ring is 6. The molecule has 0 saturated carbocycles. The Morgan fingerprint density at radius 3 is 1.10 bits per heavy atom. The van der Waals surface area contributed by atoms with Gasteiger partial charge in [0, 0.05) is 74.4 Å². The standard InChI is InChI=1S/C25H44N2O2.C24H8N2O.C18H32N2O.3H2/c1-2-3-4-5-6-7-8-9-10-11-12-13-14-15-16-17-20-29-25(28)23-19-18-22(26)21-24(23)27;1-2-3-4-5-6-7-8-9-10-11-12-13-14-15-16-17-20-27-24-19-18-22(25)21-23(24)26;1-2-3-4-5-6-7-8-9-10-11-14-21-18-13-12-16(19)15-17(18)20;;;/h18-19,21H,2-17,20,26-27H2,1H3;1,18-19,21H,25-26H2;12-13,15H,2-11,14,19-20H2,1H3;3*1H. The van der Waals surface area contributed by atoms with Crippen LogP contribution in [0, 0.1) is 107 Å². The number of hydrogen-bond donors (Lipinski definition) is 6. The molecule has 0 heterocycles. The summed E-state index contributed by atoms with van der Waals surface area (Å²) in [7, 11) is 0. The Kier molecular flexibility index (Phi) is 41.9. The lowest BCUT2D eigenvalue weighted by atomic mass is 10.0. The van der Waals surface area contributed by atoms with Gasteiger partial charge >= 0.3 is 5.97 Å². The van der Waals surface area contributed by atoms with Gasteiger partial charge in [-0.05, 0) is 115 Å². The zero-order valence-electron chi connectivity index (χ0n) is 46.2. The molecular formula is C67H90N6O4. The molecule has 0 aliphatic rings. The third-order valence-electron chi connectivity index (χ3n) is 11.5. The summed E-state index contributed by atoms with van der Waals surface area (Å²) in [6, 6.07) is 15.1. The number of unbranched alkanes of at least 4 members (excludes halogenated alkanes) is 24. The predicted octanol–water partition coefficient (Wildman–Crippen LogP) is 14.0. The molecule has 0 saturated heterocycles. The summed E-state index contributed by atoms with van der Waals surface area (Å²) < 4.78 is 16.1. The second-order valence-corrected chi connectivity index (χ2v) is 18.1. The number of rotatable bonds is 31. The number of nitrogens with two attached hydrogens (primary N) is 6. The molecule has 412 valence electrons. The van der Waals surface area contributed by atoms with E-state index >= 15 is 0 Å². The average molecular weight is 1040 g/mol. The van der Waals surface area contributed by atoms with Gasteiger partial charge in [0.05, 0.1) is 30.2 Å². The Morgan fingerprint density at radius 1 is 0.403 bits per heavy atom. The lowest BCUT2D eigenvalue weighted by Crippen LogP contribution is -2.09. The van der Waals surface area contributed by atoms with Gasteiger partial charge in [0.2, 0.25) is 0 Å². The highest BCUT2D eigenvalue weighted by Crippen LogP contribution is 2.25. The zero-order chi connectivity index (χ0) is 56.1. The molecule has 0 unspecified atom stereocenters. The fourth-order valence-electron chi connectivity index (χ4n) is 7.34. The van der Waals surface area contributed by atoms with Crippen molar-refractivity contribution in [1.29, 1.82) is 0 Å². The fourth-order valence-corrected chi connectivity index (χ4v) is 7.34. The largest absolute Gasteiger partial charge is 0.491 e. The number of terminal acetylenes is 1. The first-order valence-electron chi connectivity index (χ1n) is 27.5. The summed E-state index contributed by atoms with van der Waals surface area (Å²) in [6.07, 6.45) is 42.0. The van der Waals surface area contributed by atoms with Crippen molar-refractivity contribution in [1.82, 2.24) is 0 Å². The van der Waals surface area contributed by atoms with Crippen LogP contribution in [0.3, 0.4) is 0 Å². The van der Waals surface area contributed by atoms with Crippen molar-refractivity contribution in [3.8, 4) is 119 Å². The van der Waals surface area contributed by atoms with Crippen LogP contribution in [0.4, 0.5) is 34.1 Å². The average Bonchev–Trinajstić information content (AvgIpc) is 3.41. The molecule has 3 aromatic carbocycles. The highest BCUT2D eigenvalue weighted by molar-refractivity contribution is 5.95. The summed E-state index contributed by atoms with van der Waals surface area (Å²) in [5.74, 6) is 39.9. The van der Waals surface area contributed by atoms with Crippen molar-refractivity contribution in [3.05, 3.63) is 60.2 Å². The SMILES string of the molecule is C#CC#CC#CC#CC#CC#CC#CC#CC#COc1ccc(N)cc1N.CCCCCCCCCCCCCCCCCCOC(=O)c1ccc(N)cc1N.CCCCCCCCCCCCOc1ccc(N)cc1N.[HH].[HH].[HH]. The van der Waals surface area contributed by atoms with E-state index in [0.717, 1.165) is 31.6 Å². The van der Waals surface area contributed by atoms with Crippen molar-refractivity contribution >= 4 is 40.1 Å². The van der Waals surface area contributed by atoms with Gasteiger partial charge in [-0.1, -0.05) is 168 Å². The molecule has 0 aliphatic carbocycles. The van der Waals surface area contributed by atoms with Gasteiger partial charge in [0.15, 0.2) is 5.75 Å². The van der Waals surface area contributed by atoms with Crippen LogP contribution < -0.4 is 43.9 Å². The molecule has 12 N–H and O–H groups in total. The van der Waals surface area contributed by atoms with Crippen molar-refractivity contribution in [2.75, 3.05) is 47.6 Å². The Hall–Kier alpha value is -8.43. The molecule has 0 aliphatic heterocycles. The highest BCUT2D eigenvalue weighted by Gasteiger charge is 2.11. The fraction of sp³-hybridized carbons (Fsp3) is 0.448. The Bertz CT molecular complexity index is 2750. The number of carbonyl (C=O) groups excluding carboxylic acids is 1. The maximum atomic E-state index is 12.0. The van der Waals surface area contributed by atoms with E-state index in [2.05, 4.69) is 115 Å². The number of benzene rings is 3. The summed E-state index contributed by atoms with van der Waals surface area (Å²) in [6.45, 7) is 5.74. The minimum absolute atomic E-state index is 0. The number of anilines is 6. The zero-order valence-corrected chi connectivity index (χ0v) is 46.2. The van der Waals surface area contributed by atoms with Crippen LogP contribution >= 0.6 is 0 Å². The van der Waals surface area contributed by atoms with Gasteiger partial charge in [-0.2, -0.15) is 0 Å². The van der Waals surface area contributed by atoms with E-state index in [0.29, 0.717) is 52.0 Å². The third-order valence-corrected chi connectivity index (χ3v) is 11.5. The molecule has 3 rings (SSSR count). The molecule has 0 amide bonds. The summed E-state index contributed by atoms with van der Waals surface area (Å²) in [5.41, 5.74) is 37.8. The molecule has 0 aromatic heterocycles. The molecule has 10 heteroatoms. The monoisotopic (exact) mass is 1040 g/mol. The van der Waals surface area contributed by atoms with E-state index in [1.165, 1.54) is 148 Å². The topological polar surface area (TPSA) is 201 Å². The number of ether oxygens (including phenoxy) is 3. The first-order chi connectivity index (χ1) is 37.6. The van der Waals surface area contributed by atoms with Crippen molar-refractivity contribution < 1.29 is 23.3 Å². The third kappa shape index (κ3) is 39.7. The summed E-state index contributed by atoms with van der Waals surface area (Å²) in [5, 5.41) is 0. The van der Waals surface area contributed by atoms with Gasteiger partial charge in [-0.15, -0.1) is 6.42 Å². The van der Waals surface area contributed by atoms with Gasteiger partial charge in [0.1, 0.15) is 11.9 Å². The predicted molar refractivity (Wildman–Crippen MR) is 331 cm³/mol. The van der Waals surface area contributed by atoms with Crippen LogP contribution in [0.25, 0.3) is 0 Å². The highest BCUT2D eigenvalue weighted by atomic mass is 16.5. The normalized spacial score (nSPS) is 9.10. The molecule has 10 nitrogen and oxygen atoms in total. The number of esters is 1. The van der Waals surface area contributed by atoms with Gasteiger partial charge in [0.25, 0.3) is 0 Å². The minimum Gasteiger partial charge on any atom is -0.491 e. The van der Waals surface area contributed by atoms with E-state index in [1.54, 1.807) is 42.5 Å². The van der Waals surface area contributed by atoms with Gasteiger partial charge < -0.3 is 48.6 Å². The summed E-state index contributed by atoms with van der Waals surface area (Å²) >= 11 is 0. The van der Waals surface area contributed by atoms with E-state index in [-0.39, 0.29) is 10.2 Å². The lowest BCUT2D eigenvalue weighted by molar-refractivity contribution is 0.0499. The molecule has 0 fully saturated rings. The molecular weight excluding hydrogens is 953 g/mol. The smallest absolute Gasteiger partial charge is 0.340 e. The first-order valence-corrected chi connectivity index (χ1v) is 27.5. The number of hydrogen-bond acceptors (Lipinski definition) is 10. The van der Waals surface area contributed by atoms with Crippen molar-refractivity contribution in [2.45, 2.75) is 181 Å². The quantitative estimate of drug-likeness (QED) is 0.0156. The first kappa shape index (κ1) is 66.6. The molecule has 0 bridgehead atoms. The lowest BCUT2D eigenvalue weighted by Gasteiger charge is -2.09. The molecule has 77 heavy (non-hydrogen) atoms. The van der Waals surface area contributed by atoms with E-state index in [1.807, 2.05) is 12.1 Å². The maximum absolute atomic E-state index is 12.0. The second kappa shape index (κ2) is 48.5. The molecule has 0 atom stereocenters. The van der Waals surface area contributed by atoms with E-state index in [9.17, 15) is 4.79 Å². The van der Waals surface area contributed by atoms with Crippen LogP contribution in [-0.4, -0.2) is 19.2 Å². The minimum atomic E-state index is -0.358. The molecule has 3 aromatic rings. The van der Waals surface area contributed by atoms with E-state index in [4.69, 9.17) is 55.0 Å². The van der Waals surface area contributed by atoms with Crippen LogP contribution in [0.5, 0.6) is 11.5 Å². The summed E-state index contributed by atoms with van der Waals surface area (Å²) in [4.78, 5) is 12.0. The van der Waals surface area contributed by atoms with Crippen LogP contribution in [0.2, 0.25) is 0 Å². The van der Waals surface area contributed by atoms with Gasteiger partial charge in [-0.3, -0.25) is 0 Å². The van der Waals surface area contributed by atoms with Crippen molar-refractivity contribution in [3.63, 3.8) is 0 Å². The Labute approximate surface area is 468 Å². The van der Waals surface area contributed by atoms with E-state index < -0.39 is 0 Å². The molecule has 0 radical (unpaired) electrons. The van der Waals surface area contributed by atoms with Crippen molar-refractivity contribution in [2.24, 2.45) is 0 Å². The van der Waals surface area contributed by atoms with Crippen LogP contribution in [0.15, 0.2) is 54.6 Å². The Morgan fingerprint density at radius 2 is 0.727 bits per heavy atom. The second-order valence-electron chi connectivity index (χ2n) is 18.1.